The second-order valence-corrected chi connectivity index (χ2v) is 3.14. The fourth-order valence-corrected chi connectivity index (χ4v) is 1.53. The number of nitrogens with zero attached hydrogens (tertiary/aromatic N) is 1. The van der Waals surface area contributed by atoms with Crippen LogP contribution in [0.5, 0.6) is 0 Å². The van der Waals surface area contributed by atoms with Gasteiger partial charge in [0.15, 0.2) is 0 Å². The number of likely N-dealkylation sites (tertiary alicyclic amines) is 1. The molecule has 5 heteroatoms. The van der Waals surface area contributed by atoms with E-state index in [-0.39, 0.29) is 18.5 Å². The molecule has 0 spiro atoms. The summed E-state index contributed by atoms with van der Waals surface area (Å²) in [5, 5.41) is 11.4. The third-order valence-electron chi connectivity index (χ3n) is 2.21. The Bertz CT molecular complexity index is 217. The van der Waals surface area contributed by atoms with Crippen molar-refractivity contribution in [3.63, 3.8) is 0 Å². The fraction of sp³-hybridized carbons (Fsp3) is 0.750. The van der Waals surface area contributed by atoms with Gasteiger partial charge < -0.3 is 15.3 Å². The first-order valence-electron chi connectivity index (χ1n) is 4.33. The zero-order chi connectivity index (χ0) is 9.84. The molecule has 5 nitrogen and oxygen atoms in total. The lowest BCUT2D eigenvalue weighted by Crippen LogP contribution is -2.51. The number of amides is 1. The molecule has 0 aromatic rings. The molecule has 1 saturated heterocycles. The Hall–Kier alpha value is -1.10. The van der Waals surface area contributed by atoms with E-state index >= 15 is 0 Å². The number of rotatable bonds is 3. The highest BCUT2D eigenvalue weighted by molar-refractivity contribution is 5.85. The standard InChI is InChI=1S/C8H14N2O3/c1-9-6-3-2-4-10(8(6)13)5-7(11)12/h6,9H,2-5H2,1H3,(H,11,12). The van der Waals surface area contributed by atoms with E-state index in [0.29, 0.717) is 6.54 Å². The molecule has 13 heavy (non-hydrogen) atoms. The summed E-state index contributed by atoms with van der Waals surface area (Å²) in [6, 6.07) is -0.201. The Balaban J connectivity index is 2.54. The Morgan fingerprint density at radius 2 is 2.46 bits per heavy atom. The molecule has 0 aromatic heterocycles. The molecular formula is C8H14N2O3. The maximum absolute atomic E-state index is 11.5. The SMILES string of the molecule is CNC1CCCN(CC(=O)O)C1=O. The smallest absolute Gasteiger partial charge is 0.323 e. The topological polar surface area (TPSA) is 69.6 Å². The second-order valence-electron chi connectivity index (χ2n) is 3.14. The van der Waals surface area contributed by atoms with E-state index in [1.165, 1.54) is 4.90 Å². The van der Waals surface area contributed by atoms with E-state index in [2.05, 4.69) is 5.32 Å². The summed E-state index contributed by atoms with van der Waals surface area (Å²) < 4.78 is 0. The molecule has 0 aromatic carbocycles. The summed E-state index contributed by atoms with van der Waals surface area (Å²) in [4.78, 5) is 23.3. The minimum absolute atomic E-state index is 0.101. The Labute approximate surface area is 76.7 Å². The Morgan fingerprint density at radius 1 is 1.77 bits per heavy atom. The highest BCUT2D eigenvalue weighted by Gasteiger charge is 2.28. The van der Waals surface area contributed by atoms with Gasteiger partial charge in [0.25, 0.3) is 0 Å². The van der Waals surface area contributed by atoms with Crippen LogP contribution in [0.3, 0.4) is 0 Å². The molecule has 0 bridgehead atoms. The highest BCUT2D eigenvalue weighted by atomic mass is 16.4. The number of aliphatic carboxylic acids is 1. The lowest BCUT2D eigenvalue weighted by molar-refractivity contribution is -0.146. The average Bonchev–Trinajstić information content (AvgIpc) is 2.08. The van der Waals surface area contributed by atoms with Gasteiger partial charge in [0, 0.05) is 6.54 Å². The van der Waals surface area contributed by atoms with Gasteiger partial charge in [-0.25, -0.2) is 0 Å². The fourth-order valence-electron chi connectivity index (χ4n) is 1.53. The molecule has 1 fully saturated rings. The molecule has 74 valence electrons. The third-order valence-corrected chi connectivity index (χ3v) is 2.21. The minimum atomic E-state index is -0.954. The molecule has 1 aliphatic rings. The van der Waals surface area contributed by atoms with Crippen molar-refractivity contribution in [2.24, 2.45) is 0 Å². The van der Waals surface area contributed by atoms with Crippen molar-refractivity contribution in [2.75, 3.05) is 20.1 Å². The van der Waals surface area contributed by atoms with Crippen LogP contribution in [-0.4, -0.2) is 48.1 Å². The van der Waals surface area contributed by atoms with Crippen molar-refractivity contribution in [1.29, 1.82) is 0 Å². The van der Waals surface area contributed by atoms with Crippen LogP contribution in [0.2, 0.25) is 0 Å². The molecule has 1 atom stereocenters. The van der Waals surface area contributed by atoms with E-state index < -0.39 is 5.97 Å². The lowest BCUT2D eigenvalue weighted by Gasteiger charge is -2.30. The molecule has 1 unspecified atom stereocenters. The molecular weight excluding hydrogens is 172 g/mol. The summed E-state index contributed by atoms with van der Waals surface area (Å²) in [5.41, 5.74) is 0. The Morgan fingerprint density at radius 3 is 3.00 bits per heavy atom. The zero-order valence-electron chi connectivity index (χ0n) is 7.62. The number of carboxylic acid groups (broad SMARTS) is 1. The maximum atomic E-state index is 11.5. The number of nitrogens with one attached hydrogen (secondary N) is 1. The summed E-state index contributed by atoms with van der Waals surface area (Å²) in [5.74, 6) is -1.05. The first-order valence-corrected chi connectivity index (χ1v) is 4.33. The van der Waals surface area contributed by atoms with Crippen LogP contribution in [-0.2, 0) is 9.59 Å². The second kappa shape index (κ2) is 4.23. The van der Waals surface area contributed by atoms with Crippen molar-refractivity contribution >= 4 is 11.9 Å². The lowest BCUT2D eigenvalue weighted by atomic mass is 10.1. The molecule has 1 rings (SSSR count). The van der Waals surface area contributed by atoms with Gasteiger partial charge in [-0.1, -0.05) is 0 Å². The van der Waals surface area contributed by atoms with Crippen molar-refractivity contribution in [3.05, 3.63) is 0 Å². The van der Waals surface area contributed by atoms with Gasteiger partial charge in [0.2, 0.25) is 5.91 Å². The van der Waals surface area contributed by atoms with E-state index in [0.717, 1.165) is 12.8 Å². The quantitative estimate of drug-likeness (QED) is 0.610. The molecule has 2 N–H and O–H groups in total. The number of hydrogen-bond donors (Lipinski definition) is 2. The van der Waals surface area contributed by atoms with Crippen molar-refractivity contribution < 1.29 is 14.7 Å². The van der Waals surface area contributed by atoms with E-state index in [1.807, 2.05) is 0 Å². The van der Waals surface area contributed by atoms with Crippen molar-refractivity contribution in [1.82, 2.24) is 10.2 Å². The van der Waals surface area contributed by atoms with E-state index in [4.69, 9.17) is 5.11 Å². The van der Waals surface area contributed by atoms with E-state index in [1.54, 1.807) is 7.05 Å². The molecule has 0 saturated carbocycles. The van der Waals surface area contributed by atoms with Gasteiger partial charge in [-0.3, -0.25) is 9.59 Å². The van der Waals surface area contributed by atoms with Crippen LogP contribution in [0, 0.1) is 0 Å². The van der Waals surface area contributed by atoms with Crippen LogP contribution >= 0.6 is 0 Å². The largest absolute Gasteiger partial charge is 0.480 e. The minimum Gasteiger partial charge on any atom is -0.480 e. The van der Waals surface area contributed by atoms with Crippen LogP contribution < -0.4 is 5.32 Å². The summed E-state index contributed by atoms with van der Waals surface area (Å²) >= 11 is 0. The molecule has 1 amide bonds. The van der Waals surface area contributed by atoms with Gasteiger partial charge >= 0.3 is 5.97 Å². The first-order chi connectivity index (χ1) is 6.15. The van der Waals surface area contributed by atoms with Crippen LogP contribution in [0.1, 0.15) is 12.8 Å². The molecule has 0 radical (unpaired) electrons. The Kier molecular flexibility index (Phi) is 3.25. The predicted molar refractivity (Wildman–Crippen MR) is 46.3 cm³/mol. The zero-order valence-corrected chi connectivity index (χ0v) is 7.62. The van der Waals surface area contributed by atoms with Gasteiger partial charge in [-0.2, -0.15) is 0 Å². The van der Waals surface area contributed by atoms with Gasteiger partial charge in [-0.05, 0) is 19.9 Å². The number of carbonyl (C=O) groups is 2. The summed E-state index contributed by atoms with van der Waals surface area (Å²) in [6.07, 6.45) is 1.66. The summed E-state index contributed by atoms with van der Waals surface area (Å²) in [7, 11) is 1.72. The predicted octanol–water partition coefficient (Wildman–Crippen LogP) is -0.719. The third kappa shape index (κ3) is 2.42. The number of carbonyl (C=O) groups excluding carboxylic acids is 1. The van der Waals surface area contributed by atoms with Crippen molar-refractivity contribution in [3.8, 4) is 0 Å². The van der Waals surface area contributed by atoms with E-state index in [9.17, 15) is 9.59 Å². The van der Waals surface area contributed by atoms with Crippen LogP contribution in [0.15, 0.2) is 0 Å². The number of carboxylic acids is 1. The number of likely N-dealkylation sites (N-methyl/N-ethyl adjacent to an activating group) is 1. The van der Waals surface area contributed by atoms with Gasteiger partial charge in [-0.15, -0.1) is 0 Å². The maximum Gasteiger partial charge on any atom is 0.323 e. The normalized spacial score (nSPS) is 23.3. The first kappa shape index (κ1) is 9.98. The van der Waals surface area contributed by atoms with Crippen molar-refractivity contribution in [2.45, 2.75) is 18.9 Å². The summed E-state index contributed by atoms with van der Waals surface area (Å²) in [6.45, 7) is 0.375. The number of hydrogen-bond acceptors (Lipinski definition) is 3. The number of piperidine rings is 1. The van der Waals surface area contributed by atoms with Gasteiger partial charge in [0.1, 0.15) is 6.54 Å². The molecule has 0 aliphatic carbocycles. The average molecular weight is 186 g/mol. The molecule has 1 aliphatic heterocycles. The highest BCUT2D eigenvalue weighted by Crippen LogP contribution is 2.10. The van der Waals surface area contributed by atoms with Crippen LogP contribution in [0.25, 0.3) is 0 Å². The van der Waals surface area contributed by atoms with Crippen LogP contribution in [0.4, 0.5) is 0 Å². The van der Waals surface area contributed by atoms with Gasteiger partial charge in [0.05, 0.1) is 6.04 Å². The molecule has 1 heterocycles. The monoisotopic (exact) mass is 186 g/mol.